The highest BCUT2D eigenvalue weighted by Crippen LogP contribution is 2.44. The van der Waals surface area contributed by atoms with E-state index in [1.165, 1.54) is 66.2 Å². The number of aryl methyl sites for hydroxylation is 1. The van der Waals surface area contributed by atoms with E-state index in [4.69, 9.17) is 4.98 Å². The molecule has 1 aromatic carbocycles. The summed E-state index contributed by atoms with van der Waals surface area (Å²) < 4.78 is 0. The first kappa shape index (κ1) is 25.5. The van der Waals surface area contributed by atoms with Crippen molar-refractivity contribution < 1.29 is 15.0 Å². The highest BCUT2D eigenvalue weighted by Gasteiger charge is 2.59. The molecule has 1 aliphatic carbocycles. The van der Waals surface area contributed by atoms with E-state index in [9.17, 15) is 4.79 Å². The average Bonchev–Trinajstić information content (AvgIpc) is 3.52. The lowest BCUT2D eigenvalue weighted by atomic mass is 9.71. The van der Waals surface area contributed by atoms with Crippen LogP contribution in [-0.4, -0.2) is 54.6 Å². The van der Waals surface area contributed by atoms with E-state index < -0.39 is 0 Å². The van der Waals surface area contributed by atoms with Crippen LogP contribution in [0.4, 0.5) is 0 Å². The summed E-state index contributed by atoms with van der Waals surface area (Å²) in [5.41, 5.74) is 2.71. The molecule has 1 amide bonds. The van der Waals surface area contributed by atoms with Gasteiger partial charge >= 0.3 is 0 Å². The van der Waals surface area contributed by atoms with Gasteiger partial charge in [-0.05, 0) is 56.4 Å². The SMILES string of the molecule is CCC[NH+]1Cc2nc(C)sc2[C@@]2(C[NH2+]C[C@H]2C(=O)N2CC[C@@H](c3ccccc3)C[C@H]2C2CCCCC2)C1. The van der Waals surface area contributed by atoms with E-state index in [2.05, 4.69) is 54.4 Å². The second-order valence-electron chi connectivity index (χ2n) is 12.4. The second kappa shape index (κ2) is 10.8. The minimum absolute atomic E-state index is 0.0471. The third-order valence-corrected chi connectivity index (χ3v) is 11.3. The molecule has 5 atom stereocenters. The number of thiazole rings is 1. The lowest BCUT2D eigenvalue weighted by molar-refractivity contribution is -0.922. The molecule has 2 saturated heterocycles. The molecule has 4 aliphatic rings. The molecule has 1 unspecified atom stereocenters. The van der Waals surface area contributed by atoms with Crippen LogP contribution >= 0.6 is 11.3 Å². The summed E-state index contributed by atoms with van der Waals surface area (Å²) in [6, 6.07) is 11.5. The van der Waals surface area contributed by atoms with E-state index in [1.807, 2.05) is 11.3 Å². The van der Waals surface area contributed by atoms with Crippen LogP contribution in [0.2, 0.25) is 0 Å². The average molecular weight is 523 g/mol. The van der Waals surface area contributed by atoms with E-state index in [1.54, 1.807) is 4.90 Å². The van der Waals surface area contributed by atoms with Crippen molar-refractivity contribution in [2.24, 2.45) is 11.8 Å². The zero-order chi connectivity index (χ0) is 25.4. The number of hydrogen-bond donors (Lipinski definition) is 2. The van der Waals surface area contributed by atoms with Gasteiger partial charge in [-0.25, -0.2) is 4.98 Å². The Bertz CT molecular complexity index is 1080. The Labute approximate surface area is 227 Å². The van der Waals surface area contributed by atoms with Gasteiger partial charge in [0.1, 0.15) is 23.6 Å². The van der Waals surface area contributed by atoms with Crippen molar-refractivity contribution in [3.8, 4) is 0 Å². The first-order valence-electron chi connectivity index (χ1n) is 15.1. The number of aromatic nitrogens is 1. The predicted octanol–water partition coefficient (Wildman–Crippen LogP) is 3.05. The number of hydrogen-bond acceptors (Lipinski definition) is 3. The van der Waals surface area contributed by atoms with E-state index in [0.29, 0.717) is 23.8 Å². The maximum Gasteiger partial charge on any atom is 0.233 e. The van der Waals surface area contributed by atoms with Crippen molar-refractivity contribution in [3.63, 3.8) is 0 Å². The normalized spacial score (nSPS) is 32.5. The molecule has 1 spiro atoms. The molecular weight excluding hydrogens is 476 g/mol. The number of nitrogens with one attached hydrogen (secondary N) is 1. The summed E-state index contributed by atoms with van der Waals surface area (Å²) in [6.07, 6.45) is 10.0. The maximum atomic E-state index is 14.7. The fraction of sp³-hybridized carbons (Fsp3) is 0.677. The topological polar surface area (TPSA) is 54.2 Å². The number of carbonyl (C=O) groups is 1. The van der Waals surface area contributed by atoms with Gasteiger partial charge in [0, 0.05) is 12.6 Å². The molecule has 0 bridgehead atoms. The van der Waals surface area contributed by atoms with Crippen molar-refractivity contribution in [2.75, 3.05) is 32.7 Å². The van der Waals surface area contributed by atoms with Crippen LogP contribution in [0.15, 0.2) is 30.3 Å². The zero-order valence-electron chi connectivity index (χ0n) is 22.9. The monoisotopic (exact) mass is 522 g/mol. The molecule has 37 heavy (non-hydrogen) atoms. The summed E-state index contributed by atoms with van der Waals surface area (Å²) in [5, 5.41) is 3.62. The summed E-state index contributed by atoms with van der Waals surface area (Å²) in [4.78, 5) is 25.2. The molecule has 0 radical (unpaired) electrons. The van der Waals surface area contributed by atoms with E-state index in [0.717, 1.165) is 45.6 Å². The Kier molecular flexibility index (Phi) is 7.43. The number of nitrogens with two attached hydrogens (primary N) is 1. The van der Waals surface area contributed by atoms with Crippen molar-refractivity contribution >= 4 is 17.2 Å². The van der Waals surface area contributed by atoms with Crippen LogP contribution < -0.4 is 10.2 Å². The van der Waals surface area contributed by atoms with Crippen LogP contribution in [0.25, 0.3) is 0 Å². The Hall–Kier alpha value is -1.76. The van der Waals surface area contributed by atoms with Gasteiger partial charge in [-0.2, -0.15) is 0 Å². The number of benzene rings is 1. The van der Waals surface area contributed by atoms with Crippen LogP contribution in [-0.2, 0) is 16.8 Å². The number of likely N-dealkylation sites (tertiary alicyclic amines) is 1. The summed E-state index contributed by atoms with van der Waals surface area (Å²) in [7, 11) is 0. The minimum Gasteiger partial charge on any atom is -0.345 e. The van der Waals surface area contributed by atoms with Crippen LogP contribution in [0.5, 0.6) is 0 Å². The number of amides is 1. The fourth-order valence-electron chi connectivity index (χ4n) is 8.46. The molecule has 3 aliphatic heterocycles. The van der Waals surface area contributed by atoms with Crippen molar-refractivity contribution in [1.29, 1.82) is 0 Å². The van der Waals surface area contributed by atoms with Crippen molar-refractivity contribution in [3.05, 3.63) is 51.5 Å². The lowest BCUT2D eigenvalue weighted by Gasteiger charge is -2.47. The van der Waals surface area contributed by atoms with Crippen molar-refractivity contribution in [1.82, 2.24) is 9.88 Å². The number of quaternary nitrogens is 2. The second-order valence-corrected chi connectivity index (χ2v) is 13.6. The van der Waals surface area contributed by atoms with Crippen LogP contribution in [0, 0.1) is 18.8 Å². The smallest absolute Gasteiger partial charge is 0.233 e. The first-order chi connectivity index (χ1) is 18.1. The molecular formula is C31H46N4OS+2. The van der Waals surface area contributed by atoms with Crippen molar-refractivity contribution in [2.45, 2.75) is 89.1 Å². The fourth-order valence-corrected chi connectivity index (χ4v) is 9.65. The Morgan fingerprint density at radius 1 is 1.19 bits per heavy atom. The molecule has 6 heteroatoms. The third-order valence-electron chi connectivity index (χ3n) is 10.1. The van der Waals surface area contributed by atoms with Gasteiger partial charge in [0.2, 0.25) is 5.91 Å². The van der Waals surface area contributed by atoms with Crippen LogP contribution in [0.1, 0.15) is 85.4 Å². The zero-order valence-corrected chi connectivity index (χ0v) is 23.7. The summed E-state index contributed by atoms with van der Waals surface area (Å²) >= 11 is 1.89. The number of nitrogens with zero attached hydrogens (tertiary/aromatic N) is 2. The number of fused-ring (bicyclic) bond motifs is 2. The highest BCUT2D eigenvalue weighted by atomic mass is 32.1. The number of piperidine rings is 1. The van der Waals surface area contributed by atoms with Gasteiger partial charge in [0.05, 0.1) is 36.1 Å². The van der Waals surface area contributed by atoms with Gasteiger partial charge in [-0.1, -0.05) is 56.5 Å². The highest BCUT2D eigenvalue weighted by molar-refractivity contribution is 7.11. The molecule has 1 saturated carbocycles. The van der Waals surface area contributed by atoms with Gasteiger partial charge in [-0.15, -0.1) is 11.3 Å². The van der Waals surface area contributed by atoms with Gasteiger partial charge < -0.3 is 15.1 Å². The Morgan fingerprint density at radius 2 is 2.00 bits per heavy atom. The standard InChI is InChI=1S/C31H44N4OS/c1-3-15-34-19-27-29(37-22(2)33-27)31(21-34)20-32-18-26(31)30(36)35-16-14-25(23-10-6-4-7-11-23)17-28(35)24-12-8-5-9-13-24/h4,6-7,10-11,24-26,28,32H,3,5,8-9,12-21H2,1-2H3/p+2/t25-,26+,28+,31+/m1/s1. The quantitative estimate of drug-likeness (QED) is 0.634. The molecule has 6 rings (SSSR count). The van der Waals surface area contributed by atoms with Gasteiger partial charge in [-0.3, -0.25) is 4.79 Å². The molecule has 200 valence electrons. The van der Waals surface area contributed by atoms with Crippen LogP contribution in [0.3, 0.4) is 0 Å². The molecule has 3 N–H and O–H groups in total. The summed E-state index contributed by atoms with van der Waals surface area (Å²) in [6.45, 7) is 10.6. The summed E-state index contributed by atoms with van der Waals surface area (Å²) in [5.74, 6) is 1.79. The molecule has 4 heterocycles. The molecule has 2 aromatic rings. The van der Waals surface area contributed by atoms with Gasteiger partial charge in [0.15, 0.2) is 0 Å². The first-order valence-corrected chi connectivity index (χ1v) is 15.9. The Morgan fingerprint density at radius 3 is 2.78 bits per heavy atom. The lowest BCUT2D eigenvalue weighted by Crippen LogP contribution is -3.14. The van der Waals surface area contributed by atoms with Gasteiger partial charge in [0.25, 0.3) is 0 Å². The number of carbonyl (C=O) groups excluding carboxylic acids is 1. The van der Waals surface area contributed by atoms with E-state index >= 15 is 0 Å². The van der Waals surface area contributed by atoms with E-state index in [-0.39, 0.29) is 11.3 Å². The molecule has 3 fully saturated rings. The molecule has 5 nitrogen and oxygen atoms in total. The third kappa shape index (κ3) is 4.79. The largest absolute Gasteiger partial charge is 0.345 e. The Balaban J connectivity index is 1.31. The number of rotatable bonds is 5. The maximum absolute atomic E-state index is 14.7. The predicted molar refractivity (Wildman–Crippen MR) is 149 cm³/mol. The molecule has 1 aromatic heterocycles. The minimum atomic E-state index is -0.0471.